The summed E-state index contributed by atoms with van der Waals surface area (Å²) < 4.78 is -0.992. The lowest BCUT2D eigenvalue weighted by Gasteiger charge is -2.14. The number of anilines is 2. The van der Waals surface area contributed by atoms with Crippen LogP contribution in [0.15, 0.2) is 79.5 Å². The quantitative estimate of drug-likeness (QED) is 0.313. The van der Waals surface area contributed by atoms with E-state index in [2.05, 4.69) is 23.8 Å². The van der Waals surface area contributed by atoms with Crippen molar-refractivity contribution in [2.24, 2.45) is 5.92 Å². The maximum atomic E-state index is 13.0. The highest BCUT2D eigenvalue weighted by Gasteiger charge is 2.65. The van der Waals surface area contributed by atoms with Crippen molar-refractivity contribution in [2.45, 2.75) is 24.1 Å². The average Bonchev–Trinajstić information content (AvgIpc) is 3.36. The molecule has 2 atom stereocenters. The molecule has 6 heteroatoms. The predicted octanol–water partition coefficient (Wildman–Crippen LogP) is 8.37. The van der Waals surface area contributed by atoms with E-state index in [4.69, 9.17) is 34.8 Å². The monoisotopic (exact) mass is 510 g/mol. The molecular formula is C28H25Cl3N2O. The second-order valence-corrected chi connectivity index (χ2v) is 10.5. The van der Waals surface area contributed by atoms with Crippen LogP contribution in [0, 0.1) is 19.8 Å². The number of hydrogen-bond donors (Lipinski definition) is 2. The van der Waals surface area contributed by atoms with E-state index >= 15 is 0 Å². The van der Waals surface area contributed by atoms with Crippen LogP contribution in [0.1, 0.15) is 38.5 Å². The van der Waals surface area contributed by atoms with Gasteiger partial charge in [-0.05, 0) is 66.9 Å². The maximum absolute atomic E-state index is 13.0. The second-order valence-electron chi connectivity index (χ2n) is 8.67. The van der Waals surface area contributed by atoms with E-state index in [1.54, 1.807) is 12.1 Å². The van der Waals surface area contributed by atoms with Crippen LogP contribution in [0.25, 0.3) is 6.08 Å². The lowest BCUT2D eigenvalue weighted by Crippen LogP contribution is -2.14. The number of hydrogen-bond acceptors (Lipinski definition) is 2. The Morgan fingerprint density at radius 3 is 2.26 bits per heavy atom. The fraction of sp³-hybridized carbons (Fsp3) is 0.179. The number of halogens is 3. The van der Waals surface area contributed by atoms with Crippen LogP contribution in [-0.4, -0.2) is 10.2 Å². The van der Waals surface area contributed by atoms with E-state index in [-0.39, 0.29) is 17.7 Å². The first-order valence-electron chi connectivity index (χ1n) is 10.9. The van der Waals surface area contributed by atoms with Crippen molar-refractivity contribution < 1.29 is 4.79 Å². The number of amides is 1. The number of carbonyl (C=O) groups excluding carboxylic acids is 1. The van der Waals surface area contributed by atoms with Crippen molar-refractivity contribution in [1.29, 1.82) is 0 Å². The molecule has 0 aliphatic heterocycles. The van der Waals surface area contributed by atoms with Crippen molar-refractivity contribution in [1.82, 2.24) is 0 Å². The molecule has 2 unspecified atom stereocenters. The average molecular weight is 512 g/mol. The van der Waals surface area contributed by atoms with Gasteiger partial charge >= 0.3 is 0 Å². The van der Waals surface area contributed by atoms with Crippen molar-refractivity contribution in [3.05, 3.63) is 112 Å². The van der Waals surface area contributed by atoms with Gasteiger partial charge in [0.15, 0.2) is 0 Å². The smallest absolute Gasteiger partial charge is 0.256 e. The van der Waals surface area contributed by atoms with E-state index in [0.29, 0.717) is 22.0 Å². The fourth-order valence-electron chi connectivity index (χ4n) is 4.23. The van der Waals surface area contributed by atoms with Gasteiger partial charge in [0.1, 0.15) is 4.33 Å². The molecule has 0 saturated heterocycles. The molecule has 3 aromatic carbocycles. The van der Waals surface area contributed by atoms with Crippen LogP contribution in [0.2, 0.25) is 5.02 Å². The maximum Gasteiger partial charge on any atom is 0.256 e. The Hall–Kier alpha value is -2.72. The van der Waals surface area contributed by atoms with Crippen LogP contribution in [0.5, 0.6) is 0 Å². The summed E-state index contributed by atoms with van der Waals surface area (Å²) in [5.74, 6) is -0.571. The number of alkyl halides is 2. The number of aryl methyl sites for hydroxylation is 2. The molecule has 0 radical (unpaired) electrons. The molecule has 3 aromatic rings. The molecule has 0 heterocycles. The van der Waals surface area contributed by atoms with E-state index in [0.717, 1.165) is 27.9 Å². The molecule has 174 valence electrons. The van der Waals surface area contributed by atoms with Gasteiger partial charge in [-0.2, -0.15) is 0 Å². The number of allylic oxidation sites excluding steroid dienone is 1. The third-order valence-electron chi connectivity index (χ3n) is 5.98. The molecule has 1 amide bonds. The van der Waals surface area contributed by atoms with Gasteiger partial charge in [-0.1, -0.05) is 60.7 Å². The largest absolute Gasteiger partial charge is 0.359 e. The van der Waals surface area contributed by atoms with Crippen molar-refractivity contribution in [3.8, 4) is 0 Å². The van der Waals surface area contributed by atoms with Gasteiger partial charge < -0.3 is 10.6 Å². The third-order valence-corrected chi connectivity index (χ3v) is 7.14. The van der Waals surface area contributed by atoms with E-state index in [1.165, 1.54) is 0 Å². The predicted molar refractivity (Wildman–Crippen MR) is 145 cm³/mol. The molecule has 3 nitrogen and oxygen atoms in total. The summed E-state index contributed by atoms with van der Waals surface area (Å²) in [5.41, 5.74) is 6.46. The summed E-state index contributed by atoms with van der Waals surface area (Å²) in [5, 5.41) is 6.88. The highest BCUT2D eigenvalue weighted by molar-refractivity contribution is 6.52. The first-order chi connectivity index (χ1) is 16.1. The highest BCUT2D eigenvalue weighted by Crippen LogP contribution is 2.67. The summed E-state index contributed by atoms with van der Waals surface area (Å²) >= 11 is 19.5. The molecule has 0 aromatic heterocycles. The standard InChI is InChI=1S/C28H25Cl3N2O/c1-5-19-8-11-23(15-24(19)27(34)33-22-9-6-16(2)7-10-22)32-18(4)25-26(28(25,30)31)20-12-17(3)13-21(29)14-20/h5-15,25-26,32H,1,4H2,2-3H3,(H,33,34). The minimum absolute atomic E-state index is 0.134. The summed E-state index contributed by atoms with van der Waals surface area (Å²) in [6, 6.07) is 18.9. The molecule has 0 bridgehead atoms. The summed E-state index contributed by atoms with van der Waals surface area (Å²) in [7, 11) is 0. The van der Waals surface area contributed by atoms with Gasteiger partial charge in [-0.15, -0.1) is 23.2 Å². The van der Waals surface area contributed by atoms with Gasteiger partial charge in [0.2, 0.25) is 0 Å². The number of benzene rings is 3. The van der Waals surface area contributed by atoms with Crippen molar-refractivity contribution in [2.75, 3.05) is 10.6 Å². The second kappa shape index (κ2) is 9.50. The Bertz CT molecular complexity index is 1260. The van der Waals surface area contributed by atoms with E-state index < -0.39 is 4.33 Å². The number of carbonyl (C=O) groups is 1. The molecular weight excluding hydrogens is 487 g/mol. The zero-order chi connectivity index (χ0) is 24.6. The first kappa shape index (κ1) is 24.4. The molecule has 1 aliphatic rings. The van der Waals surface area contributed by atoms with Crippen LogP contribution in [0.3, 0.4) is 0 Å². The Balaban J connectivity index is 1.53. The van der Waals surface area contributed by atoms with Gasteiger partial charge in [0.05, 0.1) is 0 Å². The van der Waals surface area contributed by atoms with Gasteiger partial charge in [-0.25, -0.2) is 0 Å². The zero-order valence-corrected chi connectivity index (χ0v) is 21.2. The number of rotatable bonds is 7. The normalized spacial score (nSPS) is 18.1. The Labute approximate surface area is 215 Å². The lowest BCUT2D eigenvalue weighted by atomic mass is 10.0. The topological polar surface area (TPSA) is 41.1 Å². The van der Waals surface area contributed by atoms with Crippen LogP contribution >= 0.6 is 34.8 Å². The molecule has 0 spiro atoms. The summed E-state index contributed by atoms with van der Waals surface area (Å²) in [6.07, 6.45) is 1.66. The molecule has 4 rings (SSSR count). The van der Waals surface area contributed by atoms with E-state index in [1.807, 2.05) is 68.4 Å². The minimum atomic E-state index is -0.992. The SMILES string of the molecule is C=Cc1ccc(NC(=C)C2C(c3cc(C)cc(Cl)c3)C2(Cl)Cl)cc1C(=O)Nc1ccc(C)cc1. The van der Waals surface area contributed by atoms with Crippen LogP contribution in [0.4, 0.5) is 11.4 Å². The minimum Gasteiger partial charge on any atom is -0.359 e. The van der Waals surface area contributed by atoms with Gasteiger partial charge in [0.25, 0.3) is 5.91 Å². The van der Waals surface area contributed by atoms with Crippen molar-refractivity contribution in [3.63, 3.8) is 0 Å². The highest BCUT2D eigenvalue weighted by atomic mass is 35.5. The number of nitrogens with one attached hydrogen (secondary N) is 2. The molecule has 1 aliphatic carbocycles. The van der Waals surface area contributed by atoms with E-state index in [9.17, 15) is 4.79 Å². The molecule has 34 heavy (non-hydrogen) atoms. The van der Waals surface area contributed by atoms with Gasteiger partial charge in [-0.3, -0.25) is 4.79 Å². The third kappa shape index (κ3) is 5.02. The molecule has 2 N–H and O–H groups in total. The molecule has 1 saturated carbocycles. The van der Waals surface area contributed by atoms with Gasteiger partial charge in [0, 0.05) is 39.5 Å². The van der Waals surface area contributed by atoms with Crippen molar-refractivity contribution >= 4 is 58.2 Å². The lowest BCUT2D eigenvalue weighted by molar-refractivity contribution is 0.102. The summed E-state index contributed by atoms with van der Waals surface area (Å²) in [6.45, 7) is 12.0. The van der Waals surface area contributed by atoms with Crippen LogP contribution < -0.4 is 10.6 Å². The van der Waals surface area contributed by atoms with Crippen LogP contribution in [-0.2, 0) is 0 Å². The molecule has 1 fully saturated rings. The zero-order valence-electron chi connectivity index (χ0n) is 19.0. The Morgan fingerprint density at radius 2 is 1.62 bits per heavy atom. The first-order valence-corrected chi connectivity index (χ1v) is 12.0. The Morgan fingerprint density at radius 1 is 0.941 bits per heavy atom. The Kier molecular flexibility index (Phi) is 6.82. The fourth-order valence-corrected chi connectivity index (χ4v) is 5.42. The summed E-state index contributed by atoms with van der Waals surface area (Å²) in [4.78, 5) is 13.0.